The van der Waals surface area contributed by atoms with Crippen molar-refractivity contribution >= 4 is 68.8 Å². The highest BCUT2D eigenvalue weighted by atomic mass is 28.3. The summed E-state index contributed by atoms with van der Waals surface area (Å²) in [4.78, 5) is 0. The Kier molecular flexibility index (Phi) is 5.89. The molecule has 5 heteroatoms. The van der Waals surface area contributed by atoms with E-state index in [0.717, 1.165) is 25.3 Å². The van der Waals surface area contributed by atoms with Gasteiger partial charge in [-0.05, 0) is 114 Å². The van der Waals surface area contributed by atoms with E-state index in [1.54, 1.807) is 6.07 Å². The molecule has 1 aromatic heterocycles. The normalized spacial score (nSPS) is 15.9. The predicted molar refractivity (Wildman–Crippen MR) is 274 cm³/mol. The molecule has 0 amide bonds. The molecule has 0 aliphatic carbocycles. The first-order valence-electron chi connectivity index (χ1n) is 29.7. The van der Waals surface area contributed by atoms with Crippen molar-refractivity contribution in [3.05, 3.63) is 242 Å². The van der Waals surface area contributed by atoms with E-state index in [2.05, 4.69) is 36.4 Å². The summed E-state index contributed by atoms with van der Waals surface area (Å²) in [5.41, 5.74) is -2.02. The third-order valence-corrected chi connectivity index (χ3v) is 16.6. The zero-order chi connectivity index (χ0) is 59.0. The summed E-state index contributed by atoms with van der Waals surface area (Å²) in [5, 5.41) is 15.6. The van der Waals surface area contributed by atoms with Gasteiger partial charge in [-0.3, -0.25) is 0 Å². The first kappa shape index (κ1) is 24.1. The van der Waals surface area contributed by atoms with Crippen LogP contribution in [0.2, 0.25) is 0 Å². The quantitative estimate of drug-likeness (QED) is 0.122. The average molecular weight is 865 g/mol. The van der Waals surface area contributed by atoms with E-state index >= 15 is 0 Å². The number of benzene rings is 10. The van der Waals surface area contributed by atoms with Crippen molar-refractivity contribution < 1.29 is 34.5 Å². The zero-order valence-corrected chi connectivity index (χ0v) is 35.1. The number of rotatable bonds is 8. The van der Waals surface area contributed by atoms with Gasteiger partial charge in [0.1, 0.15) is 17.2 Å². The number of hydrogen-bond donors (Lipinski definition) is 1. The summed E-state index contributed by atoms with van der Waals surface area (Å²) in [6.45, 7) is 0. The highest BCUT2D eigenvalue weighted by Crippen LogP contribution is 2.40. The summed E-state index contributed by atoms with van der Waals surface area (Å²) in [7, 11) is -1.95. The van der Waals surface area contributed by atoms with E-state index in [-0.39, 0.29) is 78.1 Å². The van der Waals surface area contributed by atoms with Crippen LogP contribution in [0, 0.1) is 0 Å². The Labute approximate surface area is 405 Å². The van der Waals surface area contributed by atoms with Crippen LogP contribution in [-0.2, 0) is 0 Å². The lowest BCUT2D eigenvalue weighted by Crippen LogP contribution is -2.74. The molecule has 3 nitrogen and oxygen atoms in total. The molecular weight excluding hydrogens is 806 g/mol. The van der Waals surface area contributed by atoms with Gasteiger partial charge < -0.3 is 14.4 Å². The van der Waals surface area contributed by atoms with Crippen molar-refractivity contribution in [1.82, 2.24) is 4.57 Å². The lowest BCUT2D eigenvalue weighted by atomic mass is 9.59. The Balaban J connectivity index is 1.15. The third-order valence-electron chi connectivity index (χ3n) is 11.8. The molecule has 0 saturated carbocycles. The monoisotopic (exact) mass is 864 g/mol. The fourth-order valence-corrected chi connectivity index (χ4v) is 13.7. The number of hydrogen-bond acceptors (Lipinski definition) is 2. The minimum atomic E-state index is -3.27. The molecule has 1 radical (unpaired) electrons. The number of phenols is 1. The fraction of sp³-hybridized carbons (Fsp3) is 0. The number of nitrogens with zero attached hydrogens (tertiary/aromatic N) is 1. The van der Waals surface area contributed by atoms with Crippen molar-refractivity contribution in [2.45, 2.75) is 0 Å². The van der Waals surface area contributed by atoms with Crippen molar-refractivity contribution in [1.29, 1.82) is 0 Å². The fourth-order valence-electron chi connectivity index (χ4n) is 8.91. The Morgan fingerprint density at radius 2 is 1.06 bits per heavy atom. The second-order valence-electron chi connectivity index (χ2n) is 15.4. The van der Waals surface area contributed by atoms with Crippen molar-refractivity contribution in [3.63, 3.8) is 0 Å². The first-order valence-corrected chi connectivity index (χ1v) is 22.7. The van der Waals surface area contributed by atoms with Gasteiger partial charge in [-0.25, -0.2) is 0 Å². The number of phenolic OH excluding ortho intramolecular Hbond substituents is 1. The lowest BCUT2D eigenvalue weighted by Gasteiger charge is -2.34. The smallest absolute Gasteiger partial charge is 0.202 e. The largest absolute Gasteiger partial charge is 0.507 e. The first-order chi connectivity index (χ1) is 39.6. The second-order valence-corrected chi connectivity index (χ2v) is 19.2. The van der Waals surface area contributed by atoms with Crippen LogP contribution in [0.5, 0.6) is 17.2 Å². The molecule has 11 aromatic rings. The molecule has 12 rings (SSSR count). The third kappa shape index (κ3) is 6.51. The van der Waals surface area contributed by atoms with E-state index in [1.165, 1.54) is 25.5 Å². The SMILES string of the molecule is [2H]c1ccc(-c2cc(-c3c([2H])c(-c4cccc([Si](c5ccccc5)(c5ccccc5)c5ccccc5)c4)c([2H])c4c3[B]c3c([2H])c([2H])c([2H])c([2H])c3O4)c(O)c([2H])c2[2H])c([2H])c1-n1c2c([2H])c([2H])c([2H])c([2H])c2c2c([2H])c([2H])c([2H])c([2H])c21. The second kappa shape index (κ2) is 15.9. The number of ether oxygens (including phenoxy) is 1. The molecule has 0 bridgehead atoms. The minimum absolute atomic E-state index is 0.0414. The van der Waals surface area contributed by atoms with E-state index in [1.807, 2.05) is 72.8 Å². The number of aromatic hydroxyl groups is 1. The minimum Gasteiger partial charge on any atom is -0.507 e. The molecule has 0 saturated heterocycles. The molecule has 1 aliphatic rings. The Morgan fingerprint density at radius 1 is 0.462 bits per heavy atom. The molecule has 1 N–H and O–H groups in total. The summed E-state index contributed by atoms with van der Waals surface area (Å²) < 4.78 is 171. The van der Waals surface area contributed by atoms with Crippen LogP contribution in [0.1, 0.15) is 24.7 Å². The maximum atomic E-state index is 12.3. The maximum Gasteiger partial charge on any atom is 0.202 e. The zero-order valence-electron chi connectivity index (χ0n) is 52.1. The van der Waals surface area contributed by atoms with Gasteiger partial charge in [-0.2, -0.15) is 0 Å². The van der Waals surface area contributed by atoms with Crippen LogP contribution in [0.4, 0.5) is 0 Å². The standard InChI is InChI=1S/C60H41BNO2Si/c63-57-35-34-43(41-18-16-20-45(36-41)62-55-31-13-10-28-50(55)51-29-11-14-32-56(51)62)38-52(57)53-39-44(40-59-60(53)61-54-30-12-15-33-58(54)64-59)42-19-17-27-49(37-42)65(46-21-4-1-5-22-46,47-23-6-2-7-24-47)48-25-8-3-9-26-48/h1-40,63H/i10D,11D,12D,13D,14D,15D,20D,28D,29D,30D,31D,32D,33D,34D,35D,36D,39D,40D. The predicted octanol–water partition coefficient (Wildman–Crippen LogP) is 10.6. The molecule has 0 fully saturated rings. The molecule has 0 atom stereocenters. The van der Waals surface area contributed by atoms with Crippen LogP contribution in [0.25, 0.3) is 60.9 Å². The molecule has 305 valence electrons. The number of para-hydroxylation sites is 3. The molecule has 1 aliphatic heterocycles. The van der Waals surface area contributed by atoms with Gasteiger partial charge in [0.25, 0.3) is 0 Å². The van der Waals surface area contributed by atoms with Gasteiger partial charge in [0.2, 0.25) is 7.28 Å². The highest BCUT2D eigenvalue weighted by Gasteiger charge is 2.41. The van der Waals surface area contributed by atoms with E-state index in [0.29, 0.717) is 5.56 Å². The molecule has 0 unspecified atom stereocenters. The van der Waals surface area contributed by atoms with Gasteiger partial charge in [0.15, 0.2) is 8.07 Å². The number of aromatic nitrogens is 1. The highest BCUT2D eigenvalue weighted by molar-refractivity contribution is 7.19. The van der Waals surface area contributed by atoms with E-state index in [4.69, 9.17) is 21.2 Å². The summed E-state index contributed by atoms with van der Waals surface area (Å²) >= 11 is 0. The van der Waals surface area contributed by atoms with Gasteiger partial charge in [-0.1, -0.05) is 188 Å². The number of fused-ring (bicyclic) bond motifs is 5. The van der Waals surface area contributed by atoms with Gasteiger partial charge in [0, 0.05) is 22.0 Å². The Morgan fingerprint density at radius 3 is 1.74 bits per heavy atom. The Hall–Kier alpha value is -8.12. The van der Waals surface area contributed by atoms with Crippen LogP contribution in [0.15, 0.2) is 242 Å². The molecule has 2 heterocycles. The topological polar surface area (TPSA) is 34.4 Å². The van der Waals surface area contributed by atoms with Crippen molar-refractivity contribution in [2.24, 2.45) is 0 Å². The summed E-state index contributed by atoms with van der Waals surface area (Å²) in [6.07, 6.45) is 0. The van der Waals surface area contributed by atoms with Crippen LogP contribution >= 0.6 is 0 Å². The van der Waals surface area contributed by atoms with Gasteiger partial charge >= 0.3 is 0 Å². The molecular formula is C60H41BNO2Si. The van der Waals surface area contributed by atoms with Gasteiger partial charge in [-0.15, -0.1) is 0 Å². The van der Waals surface area contributed by atoms with Crippen LogP contribution < -0.4 is 36.4 Å². The van der Waals surface area contributed by atoms with E-state index in [9.17, 15) is 13.3 Å². The van der Waals surface area contributed by atoms with Crippen LogP contribution in [-0.4, -0.2) is 25.0 Å². The maximum absolute atomic E-state index is 12.3. The molecule has 65 heavy (non-hydrogen) atoms. The summed E-state index contributed by atoms with van der Waals surface area (Å²) in [5.74, 6) is -1.40. The van der Waals surface area contributed by atoms with E-state index < -0.39 is 122 Å². The summed E-state index contributed by atoms with van der Waals surface area (Å²) in [6, 6.07) is 30.3. The lowest BCUT2D eigenvalue weighted by molar-refractivity contribution is 0.477. The molecule has 10 aromatic carbocycles. The molecule has 0 spiro atoms. The average Bonchev–Trinajstić information content (AvgIpc) is 2.49. The van der Waals surface area contributed by atoms with Crippen molar-refractivity contribution in [2.75, 3.05) is 0 Å². The Bertz CT molecular complexity index is 4450. The van der Waals surface area contributed by atoms with Gasteiger partial charge in [0.05, 0.1) is 35.7 Å². The van der Waals surface area contributed by atoms with Crippen molar-refractivity contribution in [3.8, 4) is 56.3 Å². The van der Waals surface area contributed by atoms with Crippen LogP contribution in [0.3, 0.4) is 0 Å².